The SMILES string of the molecule is CN1CCCC(Cn2nnc3cccc(C(=O)O)c32)C1. The number of likely N-dealkylation sites (tertiary alicyclic amines) is 1. The van der Waals surface area contributed by atoms with E-state index in [-0.39, 0.29) is 5.56 Å². The van der Waals surface area contributed by atoms with Gasteiger partial charge in [0.05, 0.1) is 5.56 Å². The lowest BCUT2D eigenvalue weighted by Gasteiger charge is -2.29. The molecule has 6 nitrogen and oxygen atoms in total. The highest BCUT2D eigenvalue weighted by atomic mass is 16.4. The molecule has 1 atom stereocenters. The first-order valence-corrected chi connectivity index (χ1v) is 6.89. The molecule has 1 aliphatic rings. The minimum Gasteiger partial charge on any atom is -0.478 e. The smallest absolute Gasteiger partial charge is 0.337 e. The van der Waals surface area contributed by atoms with E-state index in [9.17, 15) is 9.90 Å². The lowest BCUT2D eigenvalue weighted by atomic mass is 9.98. The Hall–Kier alpha value is -1.95. The Balaban J connectivity index is 1.93. The summed E-state index contributed by atoms with van der Waals surface area (Å²) >= 11 is 0. The molecule has 3 rings (SSSR count). The summed E-state index contributed by atoms with van der Waals surface area (Å²) in [6.07, 6.45) is 2.33. The van der Waals surface area contributed by atoms with Gasteiger partial charge in [-0.05, 0) is 44.5 Å². The molecule has 20 heavy (non-hydrogen) atoms. The van der Waals surface area contributed by atoms with Gasteiger partial charge in [0.2, 0.25) is 0 Å². The summed E-state index contributed by atoms with van der Waals surface area (Å²) in [6, 6.07) is 5.12. The third-order valence-corrected chi connectivity index (χ3v) is 3.92. The Morgan fingerprint density at radius 3 is 3.10 bits per heavy atom. The highest BCUT2D eigenvalue weighted by Gasteiger charge is 2.21. The second-order valence-corrected chi connectivity index (χ2v) is 5.52. The van der Waals surface area contributed by atoms with Crippen LogP contribution in [0.2, 0.25) is 0 Å². The summed E-state index contributed by atoms with van der Waals surface area (Å²) in [4.78, 5) is 13.6. The first-order valence-electron chi connectivity index (χ1n) is 6.89. The molecular weight excluding hydrogens is 256 g/mol. The summed E-state index contributed by atoms with van der Waals surface area (Å²) in [5.41, 5.74) is 1.55. The molecule has 0 aliphatic carbocycles. The fourth-order valence-corrected chi connectivity index (χ4v) is 3.00. The molecule has 0 spiro atoms. The maximum atomic E-state index is 11.3. The van der Waals surface area contributed by atoms with Crippen LogP contribution in [0.4, 0.5) is 0 Å². The minimum absolute atomic E-state index is 0.275. The van der Waals surface area contributed by atoms with Crippen LogP contribution < -0.4 is 0 Å². The number of fused-ring (bicyclic) bond motifs is 1. The molecule has 106 valence electrons. The molecule has 1 aromatic heterocycles. The van der Waals surface area contributed by atoms with Crippen molar-refractivity contribution < 1.29 is 9.90 Å². The molecular formula is C14H18N4O2. The number of hydrogen-bond donors (Lipinski definition) is 1. The topological polar surface area (TPSA) is 71.2 Å². The summed E-state index contributed by atoms with van der Waals surface area (Å²) in [5.74, 6) is -0.430. The number of aromatic carboxylic acids is 1. The molecule has 1 aromatic carbocycles. The summed E-state index contributed by atoms with van der Waals surface area (Å²) in [7, 11) is 2.12. The van der Waals surface area contributed by atoms with Gasteiger partial charge in [0.1, 0.15) is 11.0 Å². The Morgan fingerprint density at radius 1 is 1.50 bits per heavy atom. The fraction of sp³-hybridized carbons (Fsp3) is 0.500. The van der Waals surface area contributed by atoms with Crippen molar-refractivity contribution in [3.63, 3.8) is 0 Å². The maximum Gasteiger partial charge on any atom is 0.337 e. The van der Waals surface area contributed by atoms with Crippen molar-refractivity contribution in [3.8, 4) is 0 Å². The van der Waals surface area contributed by atoms with Crippen LogP contribution in [-0.4, -0.2) is 51.1 Å². The number of nitrogens with zero attached hydrogens (tertiary/aromatic N) is 4. The summed E-state index contributed by atoms with van der Waals surface area (Å²) in [5, 5.41) is 17.5. The number of aromatic nitrogens is 3. The van der Waals surface area contributed by atoms with E-state index in [2.05, 4.69) is 22.3 Å². The first-order chi connectivity index (χ1) is 9.65. The van der Waals surface area contributed by atoms with Crippen LogP contribution in [0.3, 0.4) is 0 Å². The van der Waals surface area contributed by atoms with E-state index in [1.807, 2.05) is 0 Å². The quantitative estimate of drug-likeness (QED) is 0.917. The van der Waals surface area contributed by atoms with Crippen LogP contribution in [0.1, 0.15) is 23.2 Å². The van der Waals surface area contributed by atoms with Crippen LogP contribution in [0, 0.1) is 5.92 Å². The van der Waals surface area contributed by atoms with Gasteiger partial charge in [0, 0.05) is 13.1 Å². The number of hydrogen-bond acceptors (Lipinski definition) is 4. The van der Waals surface area contributed by atoms with E-state index in [1.165, 1.54) is 6.42 Å². The van der Waals surface area contributed by atoms with E-state index >= 15 is 0 Å². The second-order valence-electron chi connectivity index (χ2n) is 5.52. The summed E-state index contributed by atoms with van der Waals surface area (Å²) < 4.78 is 1.75. The van der Waals surface area contributed by atoms with Gasteiger partial charge in [0.25, 0.3) is 0 Å². The van der Waals surface area contributed by atoms with Gasteiger partial charge in [-0.15, -0.1) is 5.10 Å². The molecule has 1 fully saturated rings. The number of para-hydroxylation sites is 1. The second kappa shape index (κ2) is 5.20. The van der Waals surface area contributed by atoms with Crippen molar-refractivity contribution in [2.24, 2.45) is 5.92 Å². The van der Waals surface area contributed by atoms with Crippen LogP contribution in [0.25, 0.3) is 11.0 Å². The molecule has 1 saturated heterocycles. The molecule has 2 heterocycles. The van der Waals surface area contributed by atoms with Gasteiger partial charge < -0.3 is 10.0 Å². The van der Waals surface area contributed by atoms with Crippen LogP contribution in [0.5, 0.6) is 0 Å². The van der Waals surface area contributed by atoms with Crippen molar-refractivity contribution in [1.29, 1.82) is 0 Å². The van der Waals surface area contributed by atoms with Crippen molar-refractivity contribution in [2.75, 3.05) is 20.1 Å². The van der Waals surface area contributed by atoms with Gasteiger partial charge in [0.15, 0.2) is 0 Å². The van der Waals surface area contributed by atoms with E-state index in [1.54, 1.807) is 22.9 Å². The molecule has 6 heteroatoms. The van der Waals surface area contributed by atoms with Crippen LogP contribution in [-0.2, 0) is 6.54 Å². The fourth-order valence-electron chi connectivity index (χ4n) is 3.00. The highest BCUT2D eigenvalue weighted by molar-refractivity contribution is 6.00. The average Bonchev–Trinajstić information content (AvgIpc) is 2.82. The predicted octanol–water partition coefficient (Wildman–Crippen LogP) is 1.47. The number of rotatable bonds is 3. The lowest BCUT2D eigenvalue weighted by molar-refractivity contribution is 0.0698. The maximum absolute atomic E-state index is 11.3. The molecule has 0 amide bonds. The van der Waals surface area contributed by atoms with Gasteiger partial charge in [-0.2, -0.15) is 0 Å². The monoisotopic (exact) mass is 274 g/mol. The lowest BCUT2D eigenvalue weighted by Crippen LogP contribution is -2.34. The predicted molar refractivity (Wildman–Crippen MR) is 74.7 cm³/mol. The molecule has 2 aromatic rings. The third-order valence-electron chi connectivity index (χ3n) is 3.92. The standard InChI is InChI=1S/C14H18N4O2/c1-17-7-3-4-10(8-17)9-18-13-11(14(19)20)5-2-6-12(13)15-16-18/h2,5-6,10H,3-4,7-9H2,1H3,(H,19,20). The normalized spacial score (nSPS) is 20.4. The molecule has 1 N–H and O–H groups in total. The van der Waals surface area contributed by atoms with Crippen LogP contribution in [0.15, 0.2) is 18.2 Å². The Morgan fingerprint density at radius 2 is 2.35 bits per heavy atom. The Labute approximate surface area is 117 Å². The summed E-state index contributed by atoms with van der Waals surface area (Å²) in [6.45, 7) is 2.89. The minimum atomic E-state index is -0.931. The zero-order valence-electron chi connectivity index (χ0n) is 11.5. The number of carboxylic acid groups (broad SMARTS) is 1. The molecule has 0 radical (unpaired) electrons. The Bertz CT molecular complexity index is 637. The molecule has 0 bridgehead atoms. The van der Waals surface area contributed by atoms with E-state index < -0.39 is 5.97 Å². The van der Waals surface area contributed by atoms with Crippen molar-refractivity contribution in [1.82, 2.24) is 19.9 Å². The average molecular weight is 274 g/mol. The number of benzene rings is 1. The van der Waals surface area contributed by atoms with E-state index in [4.69, 9.17) is 0 Å². The number of carboxylic acids is 1. The zero-order valence-corrected chi connectivity index (χ0v) is 11.5. The number of piperidine rings is 1. The van der Waals surface area contributed by atoms with E-state index in [0.717, 1.165) is 26.1 Å². The van der Waals surface area contributed by atoms with Crippen molar-refractivity contribution in [3.05, 3.63) is 23.8 Å². The number of carbonyl (C=O) groups is 1. The highest BCUT2D eigenvalue weighted by Crippen LogP contribution is 2.21. The zero-order chi connectivity index (χ0) is 14.1. The van der Waals surface area contributed by atoms with Crippen molar-refractivity contribution >= 4 is 17.0 Å². The van der Waals surface area contributed by atoms with Crippen molar-refractivity contribution in [2.45, 2.75) is 19.4 Å². The molecule has 1 unspecified atom stereocenters. The van der Waals surface area contributed by atoms with Gasteiger partial charge in [-0.3, -0.25) is 0 Å². The third kappa shape index (κ3) is 2.38. The first kappa shape index (κ1) is 13.1. The van der Waals surface area contributed by atoms with Gasteiger partial charge >= 0.3 is 5.97 Å². The van der Waals surface area contributed by atoms with E-state index in [0.29, 0.717) is 17.0 Å². The van der Waals surface area contributed by atoms with Gasteiger partial charge in [-0.25, -0.2) is 9.48 Å². The largest absolute Gasteiger partial charge is 0.478 e. The molecule has 0 saturated carbocycles. The Kier molecular flexibility index (Phi) is 3.40. The van der Waals surface area contributed by atoms with Gasteiger partial charge in [-0.1, -0.05) is 11.3 Å². The molecule has 1 aliphatic heterocycles. The van der Waals surface area contributed by atoms with Crippen LogP contribution >= 0.6 is 0 Å².